The zero-order chi connectivity index (χ0) is 19.4. The second kappa shape index (κ2) is 6.20. The first kappa shape index (κ1) is 16.8. The van der Waals surface area contributed by atoms with Crippen LogP contribution in [0.3, 0.4) is 0 Å². The van der Waals surface area contributed by atoms with Gasteiger partial charge in [0.1, 0.15) is 0 Å². The largest absolute Gasteiger partial charge is 0.109 e. The highest BCUT2D eigenvalue weighted by Gasteiger charge is 2.28. The molecule has 0 aromatic heterocycles. The van der Waals surface area contributed by atoms with Crippen molar-refractivity contribution in [2.24, 2.45) is 0 Å². The highest BCUT2D eigenvalue weighted by Crippen LogP contribution is 2.41. The van der Waals surface area contributed by atoms with Crippen LogP contribution in [0.1, 0.15) is 12.0 Å². The molecule has 0 amide bonds. The normalized spacial score (nSPS) is 18.9. The van der Waals surface area contributed by atoms with E-state index in [2.05, 4.69) is 103 Å². The molecule has 0 nitrogen and oxygen atoms in total. The van der Waals surface area contributed by atoms with E-state index in [1.807, 2.05) is 0 Å². The van der Waals surface area contributed by atoms with E-state index in [0.29, 0.717) is 0 Å². The van der Waals surface area contributed by atoms with Gasteiger partial charge in [-0.3, -0.25) is 0 Å². The van der Waals surface area contributed by atoms with E-state index >= 15 is 0 Å². The fraction of sp³-hybridized carbons (Fsp3) is 0.0714. The molecule has 0 bridgehead atoms. The van der Waals surface area contributed by atoms with Crippen molar-refractivity contribution >= 4 is 54.7 Å². The van der Waals surface area contributed by atoms with Gasteiger partial charge in [-0.1, -0.05) is 66.8 Å². The molecule has 0 fully saturated rings. The lowest BCUT2D eigenvalue weighted by atomic mass is 9.87. The van der Waals surface area contributed by atoms with Gasteiger partial charge in [-0.2, -0.15) is 0 Å². The predicted molar refractivity (Wildman–Crippen MR) is 127 cm³/mol. The Morgan fingerprint density at radius 3 is 1.83 bits per heavy atom. The third kappa shape index (κ3) is 2.68. The lowest BCUT2D eigenvalue weighted by Gasteiger charge is -2.26. The number of halogens is 1. The van der Waals surface area contributed by atoms with Crippen LogP contribution in [0.4, 0.5) is 0 Å². The van der Waals surface area contributed by atoms with Crippen LogP contribution < -0.4 is 0 Å². The monoisotopic (exact) mass is 390 g/mol. The summed E-state index contributed by atoms with van der Waals surface area (Å²) in [6.07, 6.45) is 9.18. The molecular weight excluding hydrogens is 372 g/mol. The molecule has 138 valence electrons. The van der Waals surface area contributed by atoms with E-state index < -0.39 is 4.87 Å². The predicted octanol–water partition coefficient (Wildman–Crippen LogP) is 8.25. The molecule has 0 N–H and O–H groups in total. The summed E-state index contributed by atoms with van der Waals surface area (Å²) in [5, 5.41) is 10.1. The lowest BCUT2D eigenvalue weighted by Crippen LogP contribution is -2.16. The van der Waals surface area contributed by atoms with E-state index in [-0.39, 0.29) is 0 Å². The fourth-order valence-electron chi connectivity index (χ4n) is 4.63. The molecule has 1 heteroatoms. The number of hydrogen-bond donors (Lipinski definition) is 0. The average molecular weight is 391 g/mol. The van der Waals surface area contributed by atoms with E-state index in [4.69, 9.17) is 11.6 Å². The summed E-state index contributed by atoms with van der Waals surface area (Å²) >= 11 is 7.05. The third-order valence-corrected chi connectivity index (χ3v) is 6.61. The first-order valence-electron chi connectivity index (χ1n) is 10.0. The topological polar surface area (TPSA) is 0 Å². The summed E-state index contributed by atoms with van der Waals surface area (Å²) in [5.41, 5.74) is 1.18. The zero-order valence-corrected chi connectivity index (χ0v) is 16.7. The number of alkyl halides is 1. The molecular formula is C28H19Cl. The molecule has 0 heterocycles. The van der Waals surface area contributed by atoms with Gasteiger partial charge in [-0.25, -0.2) is 0 Å². The van der Waals surface area contributed by atoms with Gasteiger partial charge in [0.2, 0.25) is 0 Å². The second-order valence-electron chi connectivity index (χ2n) is 7.98. The third-order valence-electron chi connectivity index (χ3n) is 6.13. The standard InChI is InChI=1S/C28H19Cl/c29-28(11-4-1-5-12-28)27-10-6-9-21-15-24-16-22-13-19-7-2-3-8-20(19)14-23(22)17-25(24)18-26(21)27/h1-11,13-18H,12H2. The Hall–Kier alpha value is -3.09. The van der Waals surface area contributed by atoms with Crippen molar-refractivity contribution in [1.29, 1.82) is 0 Å². The second-order valence-corrected chi connectivity index (χ2v) is 8.65. The van der Waals surface area contributed by atoms with Crippen molar-refractivity contribution in [2.45, 2.75) is 11.3 Å². The molecule has 0 saturated heterocycles. The van der Waals surface area contributed by atoms with E-state index in [1.54, 1.807) is 0 Å². The van der Waals surface area contributed by atoms with Crippen LogP contribution in [0.15, 0.2) is 103 Å². The Balaban J connectivity index is 1.65. The number of hydrogen-bond acceptors (Lipinski definition) is 0. The molecule has 29 heavy (non-hydrogen) atoms. The van der Waals surface area contributed by atoms with Crippen molar-refractivity contribution in [3.63, 3.8) is 0 Å². The van der Waals surface area contributed by atoms with Crippen LogP contribution in [0.5, 0.6) is 0 Å². The van der Waals surface area contributed by atoms with Crippen LogP contribution in [-0.2, 0) is 4.87 Å². The summed E-state index contributed by atoms with van der Waals surface area (Å²) in [6.45, 7) is 0. The summed E-state index contributed by atoms with van der Waals surface area (Å²) in [5.74, 6) is 0. The van der Waals surface area contributed by atoms with Crippen LogP contribution in [-0.4, -0.2) is 0 Å². The Morgan fingerprint density at radius 2 is 1.17 bits per heavy atom. The molecule has 0 aliphatic heterocycles. The maximum absolute atomic E-state index is 7.05. The smallest absolute Gasteiger partial charge is 0.0918 e. The summed E-state index contributed by atoms with van der Waals surface area (Å²) in [4.78, 5) is -0.477. The molecule has 0 radical (unpaired) electrons. The zero-order valence-electron chi connectivity index (χ0n) is 15.9. The molecule has 6 rings (SSSR count). The van der Waals surface area contributed by atoms with Crippen LogP contribution in [0.25, 0.3) is 43.1 Å². The van der Waals surface area contributed by atoms with E-state index in [0.717, 1.165) is 6.42 Å². The quantitative estimate of drug-likeness (QED) is 0.199. The number of allylic oxidation sites excluding steroid dienone is 4. The summed E-state index contributed by atoms with van der Waals surface area (Å²) < 4.78 is 0. The molecule has 5 aromatic rings. The molecule has 1 atom stereocenters. The first-order valence-corrected chi connectivity index (χ1v) is 10.4. The maximum Gasteiger partial charge on any atom is 0.0918 e. The van der Waals surface area contributed by atoms with Gasteiger partial charge < -0.3 is 0 Å². The van der Waals surface area contributed by atoms with Gasteiger partial charge >= 0.3 is 0 Å². The van der Waals surface area contributed by atoms with Crippen LogP contribution >= 0.6 is 11.6 Å². The van der Waals surface area contributed by atoms with Gasteiger partial charge in [-0.05, 0) is 91.5 Å². The minimum atomic E-state index is -0.477. The molecule has 1 aliphatic rings. The van der Waals surface area contributed by atoms with E-state index in [1.165, 1.54) is 48.7 Å². The molecule has 5 aromatic carbocycles. The van der Waals surface area contributed by atoms with Crippen molar-refractivity contribution in [3.05, 3.63) is 109 Å². The summed E-state index contributed by atoms with van der Waals surface area (Å²) in [7, 11) is 0. The average Bonchev–Trinajstić information content (AvgIpc) is 2.75. The van der Waals surface area contributed by atoms with Crippen molar-refractivity contribution < 1.29 is 0 Å². The van der Waals surface area contributed by atoms with Gasteiger partial charge in [0.25, 0.3) is 0 Å². The lowest BCUT2D eigenvalue weighted by molar-refractivity contribution is 0.771. The minimum Gasteiger partial charge on any atom is -0.109 e. The van der Waals surface area contributed by atoms with Crippen molar-refractivity contribution in [2.75, 3.05) is 0 Å². The van der Waals surface area contributed by atoms with Crippen molar-refractivity contribution in [3.8, 4) is 0 Å². The Kier molecular flexibility index (Phi) is 3.60. The SMILES string of the molecule is ClC1(c2cccc3cc4cc5cc6ccccc6cc5cc4cc23)C=CC=CC1. The van der Waals surface area contributed by atoms with Crippen LogP contribution in [0.2, 0.25) is 0 Å². The van der Waals surface area contributed by atoms with Crippen molar-refractivity contribution in [1.82, 2.24) is 0 Å². The Labute approximate surface area is 174 Å². The molecule has 0 spiro atoms. The molecule has 1 aliphatic carbocycles. The van der Waals surface area contributed by atoms with Gasteiger partial charge in [0, 0.05) is 0 Å². The highest BCUT2D eigenvalue weighted by molar-refractivity contribution is 6.27. The highest BCUT2D eigenvalue weighted by atomic mass is 35.5. The van der Waals surface area contributed by atoms with Gasteiger partial charge in [-0.15, -0.1) is 11.6 Å². The van der Waals surface area contributed by atoms with Gasteiger partial charge in [0.05, 0.1) is 4.87 Å². The fourth-order valence-corrected chi connectivity index (χ4v) is 4.95. The Bertz CT molecular complexity index is 1490. The van der Waals surface area contributed by atoms with E-state index in [9.17, 15) is 0 Å². The Morgan fingerprint density at radius 1 is 0.586 bits per heavy atom. The number of rotatable bonds is 1. The minimum absolute atomic E-state index is 0.477. The number of benzene rings is 5. The maximum atomic E-state index is 7.05. The van der Waals surface area contributed by atoms with Gasteiger partial charge in [0.15, 0.2) is 0 Å². The summed E-state index contributed by atoms with van der Waals surface area (Å²) in [6, 6.07) is 28.8. The molecule has 0 saturated carbocycles. The van der Waals surface area contributed by atoms with Crippen LogP contribution in [0, 0.1) is 0 Å². The first-order chi connectivity index (χ1) is 14.2. The molecule has 1 unspecified atom stereocenters. The number of fused-ring (bicyclic) bond motifs is 4.